The smallest absolute Gasteiger partial charge is 0.251 e. The van der Waals surface area contributed by atoms with Crippen molar-refractivity contribution in [2.45, 2.75) is 19.8 Å². The average Bonchev–Trinajstić information content (AvgIpc) is 2.97. The van der Waals surface area contributed by atoms with Gasteiger partial charge in [-0.05, 0) is 43.5 Å². The minimum absolute atomic E-state index is 0.164. The van der Waals surface area contributed by atoms with Crippen LogP contribution in [-0.4, -0.2) is 27.0 Å². The zero-order valence-electron chi connectivity index (χ0n) is 13.4. The van der Waals surface area contributed by atoms with Crippen LogP contribution < -0.4 is 5.32 Å². The molecule has 0 aliphatic rings. The van der Waals surface area contributed by atoms with Gasteiger partial charge in [-0.3, -0.25) is 4.79 Å². The summed E-state index contributed by atoms with van der Waals surface area (Å²) < 4.78 is 1.77. The summed E-state index contributed by atoms with van der Waals surface area (Å²) in [5.41, 5.74) is 3.83. The summed E-state index contributed by atoms with van der Waals surface area (Å²) in [6.07, 6.45) is 5.42. The van der Waals surface area contributed by atoms with Gasteiger partial charge in [0.2, 0.25) is 0 Å². The number of fused-ring (bicyclic) bond motifs is 1. The van der Waals surface area contributed by atoms with E-state index in [9.17, 15) is 4.79 Å². The molecule has 1 amide bonds. The number of aromatic nitrogens is 3. The third-order valence-corrected chi connectivity index (χ3v) is 3.67. The van der Waals surface area contributed by atoms with Crippen molar-refractivity contribution >= 4 is 11.6 Å². The molecule has 6 nitrogen and oxygen atoms in total. The quantitative estimate of drug-likeness (QED) is 0.731. The van der Waals surface area contributed by atoms with Gasteiger partial charge < -0.3 is 5.32 Å². The number of hydrogen-bond acceptors (Lipinski definition) is 4. The van der Waals surface area contributed by atoms with Crippen LogP contribution >= 0.6 is 0 Å². The fourth-order valence-corrected chi connectivity index (χ4v) is 2.49. The highest BCUT2D eigenvalue weighted by Crippen LogP contribution is 2.07. The monoisotopic (exact) mass is 319 g/mol. The molecule has 6 heteroatoms. The first kappa shape index (κ1) is 15.7. The van der Waals surface area contributed by atoms with E-state index in [1.54, 1.807) is 28.8 Å². The van der Waals surface area contributed by atoms with E-state index in [0.29, 0.717) is 17.7 Å². The second-order valence-electron chi connectivity index (χ2n) is 5.60. The standard InChI is InChI=1S/C18H17N5O/c1-13-8-17-21-11-15(12-23(17)22-13)5-3-7-20-18(24)16-6-2-4-14(9-16)10-19/h2,4,6,8-9,11-12H,3,5,7H2,1H3,(H,20,24). The molecule has 0 bridgehead atoms. The number of hydrogen-bond donors (Lipinski definition) is 1. The molecule has 2 aromatic heterocycles. The minimum atomic E-state index is -0.164. The zero-order valence-corrected chi connectivity index (χ0v) is 13.4. The van der Waals surface area contributed by atoms with Gasteiger partial charge in [-0.2, -0.15) is 10.4 Å². The van der Waals surface area contributed by atoms with E-state index in [1.165, 1.54) is 0 Å². The van der Waals surface area contributed by atoms with Gasteiger partial charge in [0.15, 0.2) is 5.65 Å². The molecule has 0 atom stereocenters. The molecule has 0 spiro atoms. The molecule has 0 fully saturated rings. The first-order valence-corrected chi connectivity index (χ1v) is 7.75. The molecule has 0 aliphatic heterocycles. The van der Waals surface area contributed by atoms with Crippen molar-refractivity contribution in [3.63, 3.8) is 0 Å². The van der Waals surface area contributed by atoms with E-state index in [4.69, 9.17) is 5.26 Å². The number of amides is 1. The number of rotatable bonds is 5. The molecule has 1 N–H and O–H groups in total. The molecule has 0 unspecified atom stereocenters. The van der Waals surface area contributed by atoms with Crippen LogP contribution in [0.5, 0.6) is 0 Å². The number of aryl methyl sites for hydroxylation is 2. The Morgan fingerprint density at radius 2 is 2.25 bits per heavy atom. The molecular weight excluding hydrogens is 302 g/mol. The second-order valence-corrected chi connectivity index (χ2v) is 5.60. The number of nitriles is 1. The summed E-state index contributed by atoms with van der Waals surface area (Å²) in [6, 6.07) is 10.6. The van der Waals surface area contributed by atoms with Crippen molar-refractivity contribution in [1.82, 2.24) is 19.9 Å². The summed E-state index contributed by atoms with van der Waals surface area (Å²) in [4.78, 5) is 16.4. The summed E-state index contributed by atoms with van der Waals surface area (Å²) in [6.45, 7) is 2.50. The highest BCUT2D eigenvalue weighted by atomic mass is 16.1. The largest absolute Gasteiger partial charge is 0.352 e. The van der Waals surface area contributed by atoms with Gasteiger partial charge in [0.25, 0.3) is 5.91 Å². The van der Waals surface area contributed by atoms with Gasteiger partial charge in [-0.1, -0.05) is 6.07 Å². The maximum absolute atomic E-state index is 12.1. The van der Waals surface area contributed by atoms with Crippen molar-refractivity contribution in [2.24, 2.45) is 0 Å². The molecule has 0 saturated heterocycles. The Hall–Kier alpha value is -3.20. The highest BCUT2D eigenvalue weighted by molar-refractivity contribution is 5.94. The van der Waals surface area contributed by atoms with Crippen molar-refractivity contribution in [2.75, 3.05) is 6.54 Å². The van der Waals surface area contributed by atoms with E-state index < -0.39 is 0 Å². The Balaban J connectivity index is 1.52. The van der Waals surface area contributed by atoms with Crippen molar-refractivity contribution < 1.29 is 4.79 Å². The first-order chi connectivity index (χ1) is 11.7. The van der Waals surface area contributed by atoms with Crippen LogP contribution in [0, 0.1) is 18.3 Å². The first-order valence-electron chi connectivity index (χ1n) is 7.75. The maximum Gasteiger partial charge on any atom is 0.251 e. The Morgan fingerprint density at radius 1 is 1.38 bits per heavy atom. The van der Waals surface area contributed by atoms with E-state index >= 15 is 0 Å². The number of carbonyl (C=O) groups excluding carboxylic acids is 1. The predicted octanol–water partition coefficient (Wildman–Crippen LogP) is 2.27. The zero-order chi connectivity index (χ0) is 16.9. The summed E-state index contributed by atoms with van der Waals surface area (Å²) in [5.74, 6) is -0.164. The van der Waals surface area contributed by atoms with Crippen LogP contribution in [0.1, 0.15) is 33.6 Å². The van der Waals surface area contributed by atoms with Gasteiger partial charge in [0, 0.05) is 30.6 Å². The number of benzene rings is 1. The Morgan fingerprint density at radius 3 is 3.08 bits per heavy atom. The van der Waals surface area contributed by atoms with Gasteiger partial charge in [-0.25, -0.2) is 9.50 Å². The van der Waals surface area contributed by atoms with Crippen LogP contribution in [0.25, 0.3) is 5.65 Å². The maximum atomic E-state index is 12.1. The number of carbonyl (C=O) groups is 1. The van der Waals surface area contributed by atoms with Gasteiger partial charge in [0.05, 0.1) is 17.3 Å². The fraction of sp³-hybridized carbons (Fsp3) is 0.222. The Kier molecular flexibility index (Phi) is 4.52. The normalized spacial score (nSPS) is 10.5. The second kappa shape index (κ2) is 6.92. The minimum Gasteiger partial charge on any atom is -0.352 e. The third-order valence-electron chi connectivity index (χ3n) is 3.67. The van der Waals surface area contributed by atoms with Gasteiger partial charge in [-0.15, -0.1) is 0 Å². The highest BCUT2D eigenvalue weighted by Gasteiger charge is 2.06. The van der Waals surface area contributed by atoms with Crippen LogP contribution in [0.3, 0.4) is 0 Å². The predicted molar refractivity (Wildman–Crippen MR) is 89.5 cm³/mol. The van der Waals surface area contributed by atoms with E-state index in [2.05, 4.69) is 15.4 Å². The van der Waals surface area contributed by atoms with Gasteiger partial charge >= 0.3 is 0 Å². The van der Waals surface area contributed by atoms with Crippen molar-refractivity contribution in [1.29, 1.82) is 5.26 Å². The van der Waals surface area contributed by atoms with Crippen molar-refractivity contribution in [3.8, 4) is 6.07 Å². The van der Waals surface area contributed by atoms with E-state index in [1.807, 2.05) is 31.5 Å². The summed E-state index contributed by atoms with van der Waals surface area (Å²) >= 11 is 0. The molecule has 3 aromatic rings. The lowest BCUT2D eigenvalue weighted by Gasteiger charge is -2.06. The van der Waals surface area contributed by atoms with E-state index in [-0.39, 0.29) is 5.91 Å². The molecule has 3 rings (SSSR count). The number of nitrogens with zero attached hydrogens (tertiary/aromatic N) is 4. The molecule has 120 valence electrons. The Labute approximate surface area is 139 Å². The fourth-order valence-electron chi connectivity index (χ4n) is 2.49. The van der Waals surface area contributed by atoms with Crippen LogP contribution in [-0.2, 0) is 6.42 Å². The average molecular weight is 319 g/mol. The van der Waals surface area contributed by atoms with Crippen LogP contribution in [0.4, 0.5) is 0 Å². The molecule has 24 heavy (non-hydrogen) atoms. The van der Waals surface area contributed by atoms with Crippen LogP contribution in [0.2, 0.25) is 0 Å². The van der Waals surface area contributed by atoms with Crippen molar-refractivity contribution in [3.05, 3.63) is 65.1 Å². The molecule has 0 radical (unpaired) electrons. The molecule has 0 saturated carbocycles. The Bertz CT molecular complexity index is 923. The van der Waals surface area contributed by atoms with Crippen LogP contribution in [0.15, 0.2) is 42.7 Å². The molecule has 1 aromatic carbocycles. The van der Waals surface area contributed by atoms with Gasteiger partial charge in [0.1, 0.15) is 0 Å². The molecule has 2 heterocycles. The summed E-state index contributed by atoms with van der Waals surface area (Å²) in [5, 5.41) is 16.1. The lowest BCUT2D eigenvalue weighted by Crippen LogP contribution is -2.24. The molecule has 0 aliphatic carbocycles. The lowest BCUT2D eigenvalue weighted by molar-refractivity contribution is 0.0953. The third kappa shape index (κ3) is 3.58. The SMILES string of the molecule is Cc1cc2ncc(CCCNC(=O)c3cccc(C#N)c3)cn2n1. The number of nitrogens with one attached hydrogen (secondary N) is 1. The molecular formula is C18H17N5O. The summed E-state index contributed by atoms with van der Waals surface area (Å²) in [7, 11) is 0. The van der Waals surface area contributed by atoms with E-state index in [0.717, 1.165) is 29.7 Å². The lowest BCUT2D eigenvalue weighted by atomic mass is 10.1. The topological polar surface area (TPSA) is 83.1 Å².